The summed E-state index contributed by atoms with van der Waals surface area (Å²) in [7, 11) is 0. The largest absolute Gasteiger partial charge is 0.481 e. The molecule has 1 aliphatic carbocycles. The Morgan fingerprint density at radius 2 is 2.00 bits per heavy atom. The molecule has 1 amide bonds. The number of nitrogens with zero attached hydrogens (tertiary/aromatic N) is 1. The average Bonchev–Trinajstić information content (AvgIpc) is 2.77. The summed E-state index contributed by atoms with van der Waals surface area (Å²) in [5.74, 6) is -4.22. The number of rotatable bonds is 8. The summed E-state index contributed by atoms with van der Waals surface area (Å²) >= 11 is 3.16. The summed E-state index contributed by atoms with van der Waals surface area (Å²) in [6.45, 7) is 0.584. The predicted octanol–water partition coefficient (Wildman–Crippen LogP) is 4.95. The van der Waals surface area contributed by atoms with Crippen LogP contribution in [0.2, 0.25) is 0 Å². The Labute approximate surface area is 194 Å². The van der Waals surface area contributed by atoms with Gasteiger partial charge >= 0.3 is 18.0 Å². The zero-order valence-electron chi connectivity index (χ0n) is 17.6. The Hall–Kier alpha value is -2.00. The first-order valence-corrected chi connectivity index (χ1v) is 11.6. The topological polar surface area (TPSA) is 87.1 Å². The molecular formula is C23H28BrF2NO5. The number of hydrogen-bond acceptors (Lipinski definition) is 4. The quantitative estimate of drug-likeness (QED) is 0.478. The molecule has 2 aliphatic rings. The van der Waals surface area contributed by atoms with Crippen LogP contribution in [-0.2, 0) is 15.5 Å². The van der Waals surface area contributed by atoms with Gasteiger partial charge in [0.15, 0.2) is 0 Å². The van der Waals surface area contributed by atoms with Gasteiger partial charge in [0.1, 0.15) is 6.10 Å². The molecule has 1 aromatic carbocycles. The van der Waals surface area contributed by atoms with Gasteiger partial charge in [0.2, 0.25) is 0 Å². The lowest BCUT2D eigenvalue weighted by Crippen LogP contribution is -2.46. The van der Waals surface area contributed by atoms with Crippen molar-refractivity contribution in [2.24, 2.45) is 11.8 Å². The van der Waals surface area contributed by atoms with E-state index in [0.29, 0.717) is 42.6 Å². The molecule has 0 spiro atoms. The lowest BCUT2D eigenvalue weighted by atomic mass is 9.80. The molecule has 1 aromatic rings. The minimum atomic E-state index is -3.48. The summed E-state index contributed by atoms with van der Waals surface area (Å²) < 4.78 is 35.0. The molecule has 1 saturated heterocycles. The molecule has 0 aromatic heterocycles. The highest BCUT2D eigenvalue weighted by molar-refractivity contribution is 9.10. The number of aliphatic hydroxyl groups is 1. The van der Waals surface area contributed by atoms with E-state index in [1.165, 1.54) is 29.2 Å². The number of alkyl halides is 2. The number of ether oxygens (including phenoxy) is 1. The maximum atomic E-state index is 14.7. The third kappa shape index (κ3) is 6.07. The van der Waals surface area contributed by atoms with Crippen LogP contribution in [0, 0.1) is 11.8 Å². The maximum absolute atomic E-state index is 14.7. The lowest BCUT2D eigenvalue weighted by molar-refractivity contribution is -0.143. The summed E-state index contributed by atoms with van der Waals surface area (Å²) in [6, 6.07) is 5.18. The molecule has 176 valence electrons. The number of carbonyl (C=O) groups is 2. The zero-order valence-corrected chi connectivity index (χ0v) is 19.2. The molecule has 2 N–H and O–H groups in total. The van der Waals surface area contributed by atoms with Gasteiger partial charge in [-0.3, -0.25) is 4.79 Å². The van der Waals surface area contributed by atoms with Gasteiger partial charge in [0.05, 0.1) is 18.6 Å². The van der Waals surface area contributed by atoms with Gasteiger partial charge < -0.3 is 19.8 Å². The van der Waals surface area contributed by atoms with E-state index in [0.717, 1.165) is 18.9 Å². The third-order valence-corrected chi connectivity index (χ3v) is 6.84. The molecule has 6 nitrogen and oxygen atoms in total. The van der Waals surface area contributed by atoms with Crippen molar-refractivity contribution in [3.63, 3.8) is 0 Å². The van der Waals surface area contributed by atoms with E-state index in [4.69, 9.17) is 9.84 Å². The molecule has 32 heavy (non-hydrogen) atoms. The van der Waals surface area contributed by atoms with Gasteiger partial charge in [-0.15, -0.1) is 0 Å². The smallest absolute Gasteiger partial charge is 0.410 e. The minimum absolute atomic E-state index is 0.187. The first-order chi connectivity index (χ1) is 15.2. The van der Waals surface area contributed by atoms with Gasteiger partial charge in [-0.2, -0.15) is 8.78 Å². The normalized spacial score (nSPS) is 25.6. The van der Waals surface area contributed by atoms with E-state index in [2.05, 4.69) is 15.9 Å². The van der Waals surface area contributed by atoms with Crippen molar-refractivity contribution >= 4 is 28.0 Å². The van der Waals surface area contributed by atoms with Gasteiger partial charge in [0.25, 0.3) is 0 Å². The number of carboxylic acid groups (broad SMARTS) is 1. The summed E-state index contributed by atoms with van der Waals surface area (Å²) in [5, 5.41) is 19.3. The molecule has 0 radical (unpaired) electrons. The standard InChI is InChI=1S/C23H28BrF2NO5/c24-18-3-1-2-17(14-18)23(25,26)20(28)9-8-19-11-13-32-22(31)27(19)12-10-15-4-6-16(7-5-15)21(29)30/h1-3,8-9,14-16,19-20,28H,4-7,10-13H2,(H,29,30). The van der Waals surface area contributed by atoms with Crippen LogP contribution in [0.1, 0.15) is 44.1 Å². The van der Waals surface area contributed by atoms with Gasteiger partial charge in [-0.05, 0) is 50.2 Å². The highest BCUT2D eigenvalue weighted by Gasteiger charge is 2.39. The highest BCUT2D eigenvalue weighted by atomic mass is 79.9. The molecule has 1 heterocycles. The fourth-order valence-corrected chi connectivity index (χ4v) is 4.74. The first kappa shape index (κ1) is 24.6. The molecule has 9 heteroatoms. The van der Waals surface area contributed by atoms with E-state index >= 15 is 0 Å². The number of carbonyl (C=O) groups excluding carboxylic acids is 1. The number of hydrogen-bond donors (Lipinski definition) is 2. The van der Waals surface area contributed by atoms with Gasteiger partial charge in [-0.25, -0.2) is 4.79 Å². The van der Waals surface area contributed by atoms with E-state index in [-0.39, 0.29) is 18.1 Å². The Balaban J connectivity index is 1.60. The van der Waals surface area contributed by atoms with Crippen molar-refractivity contribution < 1.29 is 33.3 Å². The number of halogens is 3. The van der Waals surface area contributed by atoms with Gasteiger partial charge in [0, 0.05) is 23.0 Å². The summed E-state index contributed by atoms with van der Waals surface area (Å²) in [5.41, 5.74) is -0.305. The van der Waals surface area contributed by atoms with Crippen LogP contribution in [0.4, 0.5) is 13.6 Å². The molecule has 3 rings (SSSR count). The van der Waals surface area contributed by atoms with Crippen molar-refractivity contribution in [3.05, 3.63) is 46.5 Å². The van der Waals surface area contributed by atoms with Crippen LogP contribution < -0.4 is 0 Å². The van der Waals surface area contributed by atoms with Crippen molar-refractivity contribution in [1.82, 2.24) is 4.90 Å². The van der Waals surface area contributed by atoms with Gasteiger partial charge in [-0.1, -0.05) is 40.2 Å². The van der Waals surface area contributed by atoms with Crippen LogP contribution in [0.15, 0.2) is 40.9 Å². The second-order valence-electron chi connectivity index (χ2n) is 8.47. The van der Waals surface area contributed by atoms with Crippen molar-refractivity contribution in [2.45, 2.75) is 56.6 Å². The number of amides is 1. The Kier molecular flexibility index (Phi) is 8.27. The van der Waals surface area contributed by atoms with Crippen LogP contribution in [0.5, 0.6) is 0 Å². The fourth-order valence-electron chi connectivity index (χ4n) is 4.34. The molecular weight excluding hydrogens is 488 g/mol. The average molecular weight is 516 g/mol. The maximum Gasteiger partial charge on any atom is 0.410 e. The van der Waals surface area contributed by atoms with Crippen molar-refractivity contribution in [1.29, 1.82) is 0 Å². The van der Waals surface area contributed by atoms with Crippen molar-refractivity contribution in [3.8, 4) is 0 Å². The highest BCUT2D eigenvalue weighted by Crippen LogP contribution is 2.34. The minimum Gasteiger partial charge on any atom is -0.481 e. The molecule has 2 unspecified atom stereocenters. The molecule has 1 aliphatic heterocycles. The van der Waals surface area contributed by atoms with E-state index < -0.39 is 30.1 Å². The van der Waals surface area contributed by atoms with E-state index in [1.54, 1.807) is 6.07 Å². The number of carboxylic acids is 1. The lowest BCUT2D eigenvalue weighted by Gasteiger charge is -2.35. The molecule has 0 bridgehead atoms. The Morgan fingerprint density at radius 1 is 1.28 bits per heavy atom. The number of benzene rings is 1. The number of cyclic esters (lactones) is 1. The monoisotopic (exact) mass is 515 g/mol. The third-order valence-electron chi connectivity index (χ3n) is 6.34. The van der Waals surface area contributed by atoms with Crippen molar-refractivity contribution in [2.75, 3.05) is 13.2 Å². The predicted molar refractivity (Wildman–Crippen MR) is 117 cm³/mol. The first-order valence-electron chi connectivity index (χ1n) is 10.8. The number of aliphatic carboxylic acids is 1. The van der Waals surface area contributed by atoms with Crippen LogP contribution in [-0.4, -0.2) is 52.5 Å². The molecule has 2 atom stereocenters. The second-order valence-corrected chi connectivity index (χ2v) is 9.39. The molecule has 2 fully saturated rings. The SMILES string of the molecule is O=C(O)C1CCC(CCN2C(=O)OCCC2C=CC(O)C(F)(F)c2cccc(Br)c2)CC1. The van der Waals surface area contributed by atoms with E-state index in [1.807, 2.05) is 0 Å². The van der Waals surface area contributed by atoms with Crippen LogP contribution in [0.25, 0.3) is 0 Å². The Morgan fingerprint density at radius 3 is 2.66 bits per heavy atom. The fraction of sp³-hybridized carbons (Fsp3) is 0.565. The number of aliphatic hydroxyl groups excluding tert-OH is 1. The molecule has 1 saturated carbocycles. The summed E-state index contributed by atoms with van der Waals surface area (Å²) in [4.78, 5) is 24.9. The van der Waals surface area contributed by atoms with Crippen LogP contribution in [0.3, 0.4) is 0 Å². The Bertz CT molecular complexity index is 841. The van der Waals surface area contributed by atoms with Crippen LogP contribution >= 0.6 is 15.9 Å². The van der Waals surface area contributed by atoms with E-state index in [9.17, 15) is 23.5 Å². The second kappa shape index (κ2) is 10.7. The summed E-state index contributed by atoms with van der Waals surface area (Å²) in [6.07, 6.45) is 3.95. The zero-order chi connectivity index (χ0) is 23.3.